The van der Waals surface area contributed by atoms with Crippen molar-refractivity contribution in [1.82, 2.24) is 20.0 Å². The van der Waals surface area contributed by atoms with E-state index in [9.17, 15) is 4.79 Å². The Hall–Kier alpha value is -1.92. The maximum absolute atomic E-state index is 12.9. The van der Waals surface area contributed by atoms with Crippen molar-refractivity contribution in [3.05, 3.63) is 29.5 Å². The first-order valence-electron chi connectivity index (χ1n) is 8.49. The number of nitrogens with one attached hydrogen (secondary N) is 1. The topological polar surface area (TPSA) is 59.4 Å². The summed E-state index contributed by atoms with van der Waals surface area (Å²) in [6.07, 6.45) is 1.26. The van der Waals surface area contributed by atoms with E-state index < -0.39 is 0 Å². The highest BCUT2D eigenvalue weighted by Gasteiger charge is 2.55. The zero-order valence-electron chi connectivity index (χ0n) is 14.6. The van der Waals surface area contributed by atoms with Gasteiger partial charge in [0.2, 0.25) is 0 Å². The van der Waals surface area contributed by atoms with Crippen molar-refractivity contribution in [3.63, 3.8) is 0 Å². The van der Waals surface area contributed by atoms with Gasteiger partial charge in [0, 0.05) is 25.0 Å². The molecule has 1 amide bonds. The summed E-state index contributed by atoms with van der Waals surface area (Å²) >= 11 is 0. The van der Waals surface area contributed by atoms with Crippen molar-refractivity contribution >= 4 is 16.8 Å². The Morgan fingerprint density at radius 1 is 1.42 bits per heavy atom. The first-order valence-corrected chi connectivity index (χ1v) is 8.49. The molecule has 0 spiro atoms. The molecule has 1 saturated carbocycles. The highest BCUT2D eigenvalue weighted by molar-refractivity contribution is 6.05. The third kappa shape index (κ3) is 2.24. The van der Waals surface area contributed by atoms with E-state index in [4.69, 9.17) is 4.74 Å². The highest BCUT2D eigenvalue weighted by Crippen LogP contribution is 2.41. The van der Waals surface area contributed by atoms with Crippen molar-refractivity contribution < 1.29 is 9.53 Å². The number of amides is 1. The van der Waals surface area contributed by atoms with Gasteiger partial charge in [0.1, 0.15) is 0 Å². The number of carbonyl (C=O) groups is 1. The number of fused-ring (bicyclic) bond motifs is 2. The lowest BCUT2D eigenvalue weighted by Crippen LogP contribution is -2.69. The molecule has 1 aliphatic carbocycles. The van der Waals surface area contributed by atoms with E-state index in [1.807, 2.05) is 46.3 Å². The molecule has 128 valence electrons. The van der Waals surface area contributed by atoms with Gasteiger partial charge in [0.25, 0.3) is 5.91 Å². The summed E-state index contributed by atoms with van der Waals surface area (Å²) in [5.74, 6) is 0.325. The summed E-state index contributed by atoms with van der Waals surface area (Å²) in [5.41, 5.74) is 2.62. The number of rotatable bonds is 3. The van der Waals surface area contributed by atoms with Gasteiger partial charge >= 0.3 is 0 Å². The second-order valence-corrected chi connectivity index (χ2v) is 7.23. The second-order valence-electron chi connectivity index (χ2n) is 7.23. The van der Waals surface area contributed by atoms with Crippen LogP contribution in [-0.2, 0) is 11.8 Å². The van der Waals surface area contributed by atoms with Crippen LogP contribution in [0.25, 0.3) is 10.9 Å². The monoisotopic (exact) mass is 328 g/mol. The second kappa shape index (κ2) is 5.57. The average molecular weight is 328 g/mol. The first-order chi connectivity index (χ1) is 11.5. The molecular weight excluding hydrogens is 304 g/mol. The van der Waals surface area contributed by atoms with E-state index in [1.165, 1.54) is 0 Å². The summed E-state index contributed by atoms with van der Waals surface area (Å²) in [6.45, 7) is 2.82. The maximum Gasteiger partial charge on any atom is 0.272 e. The fourth-order valence-electron chi connectivity index (χ4n) is 4.25. The summed E-state index contributed by atoms with van der Waals surface area (Å²) in [7, 11) is 5.96. The maximum atomic E-state index is 12.9. The van der Waals surface area contributed by atoms with Crippen LogP contribution in [-0.4, -0.2) is 59.5 Å². The van der Waals surface area contributed by atoms with Crippen LogP contribution in [0.3, 0.4) is 0 Å². The van der Waals surface area contributed by atoms with E-state index in [1.54, 1.807) is 4.68 Å². The minimum absolute atomic E-state index is 0.0894. The molecule has 1 N–H and O–H groups in total. The van der Waals surface area contributed by atoms with Gasteiger partial charge in [-0.2, -0.15) is 5.10 Å². The summed E-state index contributed by atoms with van der Waals surface area (Å²) in [4.78, 5) is 15.0. The van der Waals surface area contributed by atoms with E-state index in [-0.39, 0.29) is 24.1 Å². The number of ether oxygens (including phenoxy) is 1. The quantitative estimate of drug-likeness (QED) is 0.923. The standard InChI is InChI=1S/C18H24N4O2/c1-10-5-6-13-12(9-10)15(20-22(13)4)18(23)19-14-11-7-8-24-17(11)16(14)21(2)3/h5-6,9,11,14,16-17H,7-8H2,1-4H3,(H,19,23)/t11-,14+,16-,17-/m0/s1. The van der Waals surface area contributed by atoms with Crippen molar-refractivity contribution in [1.29, 1.82) is 0 Å². The zero-order valence-corrected chi connectivity index (χ0v) is 14.6. The highest BCUT2D eigenvalue weighted by atomic mass is 16.5. The third-order valence-corrected chi connectivity index (χ3v) is 5.46. The first kappa shape index (κ1) is 15.6. The normalized spacial score (nSPS) is 28.9. The van der Waals surface area contributed by atoms with Gasteiger partial charge < -0.3 is 15.0 Å². The number of carbonyl (C=O) groups excluding carboxylic acids is 1. The Morgan fingerprint density at radius 2 is 2.21 bits per heavy atom. The predicted octanol–water partition coefficient (Wildman–Crippen LogP) is 1.33. The van der Waals surface area contributed by atoms with Crippen LogP contribution >= 0.6 is 0 Å². The van der Waals surface area contributed by atoms with Crippen molar-refractivity contribution in [3.8, 4) is 0 Å². The van der Waals surface area contributed by atoms with Gasteiger partial charge in [-0.25, -0.2) is 0 Å². The number of benzene rings is 1. The van der Waals surface area contributed by atoms with Crippen LogP contribution in [0.2, 0.25) is 0 Å². The molecule has 6 heteroatoms. The van der Waals surface area contributed by atoms with Gasteiger partial charge in [-0.3, -0.25) is 9.48 Å². The lowest BCUT2D eigenvalue weighted by molar-refractivity contribution is -0.0664. The van der Waals surface area contributed by atoms with E-state index in [2.05, 4.69) is 15.3 Å². The Labute approximate surface area is 141 Å². The molecule has 4 rings (SSSR count). The molecule has 1 saturated heterocycles. The van der Waals surface area contributed by atoms with E-state index >= 15 is 0 Å². The smallest absolute Gasteiger partial charge is 0.272 e. The van der Waals surface area contributed by atoms with Gasteiger partial charge in [-0.15, -0.1) is 0 Å². The minimum atomic E-state index is -0.0894. The largest absolute Gasteiger partial charge is 0.376 e. The van der Waals surface area contributed by atoms with Crippen molar-refractivity contribution in [2.75, 3.05) is 20.7 Å². The van der Waals surface area contributed by atoms with E-state index in [0.29, 0.717) is 11.6 Å². The molecule has 0 radical (unpaired) electrons. The average Bonchev–Trinajstić information content (AvgIpc) is 3.06. The molecule has 24 heavy (non-hydrogen) atoms. The third-order valence-electron chi connectivity index (χ3n) is 5.46. The van der Waals surface area contributed by atoms with Crippen LogP contribution in [0, 0.1) is 12.8 Å². The van der Waals surface area contributed by atoms with Crippen LogP contribution in [0.1, 0.15) is 22.5 Å². The molecule has 1 aromatic carbocycles. The molecular formula is C18H24N4O2. The molecule has 0 bridgehead atoms. The van der Waals surface area contributed by atoms with Crippen LogP contribution in [0.5, 0.6) is 0 Å². The number of aromatic nitrogens is 2. The number of hydrogen-bond donors (Lipinski definition) is 1. The molecule has 2 heterocycles. The molecule has 1 aromatic heterocycles. The summed E-state index contributed by atoms with van der Waals surface area (Å²) in [5, 5.41) is 8.59. The number of hydrogen-bond acceptors (Lipinski definition) is 4. The number of nitrogens with zero attached hydrogens (tertiary/aromatic N) is 3. The lowest BCUT2D eigenvalue weighted by atomic mass is 9.71. The summed E-state index contributed by atoms with van der Waals surface area (Å²) < 4.78 is 7.59. The molecule has 2 aliphatic rings. The van der Waals surface area contributed by atoms with Gasteiger partial charge in [0.05, 0.1) is 23.7 Å². The minimum Gasteiger partial charge on any atom is -0.376 e. The van der Waals surface area contributed by atoms with Crippen molar-refractivity contribution in [2.45, 2.75) is 31.5 Å². The fraction of sp³-hybridized carbons (Fsp3) is 0.556. The van der Waals surface area contributed by atoms with Crippen LogP contribution in [0.4, 0.5) is 0 Å². The molecule has 2 aromatic rings. The van der Waals surface area contributed by atoms with Gasteiger partial charge in [-0.1, -0.05) is 11.6 Å². The van der Waals surface area contributed by atoms with Gasteiger partial charge in [-0.05, 0) is 39.6 Å². The number of aryl methyl sites for hydroxylation is 2. The molecule has 2 fully saturated rings. The Morgan fingerprint density at radius 3 is 2.96 bits per heavy atom. The Bertz CT molecular complexity index is 798. The van der Waals surface area contributed by atoms with Crippen LogP contribution in [0.15, 0.2) is 18.2 Å². The Kier molecular flexibility index (Phi) is 3.62. The predicted molar refractivity (Wildman–Crippen MR) is 92.0 cm³/mol. The van der Waals surface area contributed by atoms with E-state index in [0.717, 1.165) is 29.5 Å². The fourth-order valence-corrected chi connectivity index (χ4v) is 4.25. The van der Waals surface area contributed by atoms with Crippen LogP contribution < -0.4 is 5.32 Å². The Balaban J connectivity index is 1.62. The molecule has 1 aliphatic heterocycles. The lowest BCUT2D eigenvalue weighted by Gasteiger charge is -2.50. The van der Waals surface area contributed by atoms with Crippen molar-refractivity contribution in [2.24, 2.45) is 13.0 Å². The molecule has 6 nitrogen and oxygen atoms in total. The number of likely N-dealkylation sites (N-methyl/N-ethyl adjacent to an activating group) is 1. The summed E-state index contributed by atoms with van der Waals surface area (Å²) in [6, 6.07) is 6.45. The molecule has 0 unspecified atom stereocenters. The molecule has 4 atom stereocenters. The SMILES string of the molecule is Cc1ccc2c(c1)c(C(=O)N[C@@H]1[C@@H]3CCO[C@@H]3[C@H]1N(C)C)nn2C. The van der Waals surface area contributed by atoms with Gasteiger partial charge in [0.15, 0.2) is 5.69 Å². The zero-order chi connectivity index (χ0) is 17.0.